The van der Waals surface area contributed by atoms with Crippen molar-refractivity contribution in [1.29, 1.82) is 0 Å². The minimum Gasteiger partial charge on any atom is -0.308 e. The number of thiophene rings is 1. The summed E-state index contributed by atoms with van der Waals surface area (Å²) in [4.78, 5) is 1.21. The maximum absolute atomic E-state index is 4.21. The molecule has 0 bridgehead atoms. The summed E-state index contributed by atoms with van der Waals surface area (Å²) in [7, 11) is 0. The van der Waals surface area contributed by atoms with Crippen LogP contribution in [-0.4, -0.2) is 14.8 Å². The molecule has 80 valence electrons. The summed E-state index contributed by atoms with van der Waals surface area (Å²) in [5, 5.41) is 10.3. The Morgan fingerprint density at radius 1 is 1.33 bits per heavy atom. The third-order valence-corrected chi connectivity index (χ3v) is 3.35. The first-order chi connectivity index (χ1) is 7.00. The molecule has 3 nitrogen and oxygen atoms in total. The highest BCUT2D eigenvalue weighted by Gasteiger charge is 2.20. The van der Waals surface area contributed by atoms with Gasteiger partial charge in [-0.1, -0.05) is 0 Å². The summed E-state index contributed by atoms with van der Waals surface area (Å²) in [6, 6.07) is 2.11. The lowest BCUT2D eigenvalue weighted by molar-refractivity contribution is 0.400. The highest BCUT2D eigenvalue weighted by Crippen LogP contribution is 2.30. The van der Waals surface area contributed by atoms with Crippen molar-refractivity contribution >= 4 is 11.3 Å². The summed E-state index contributed by atoms with van der Waals surface area (Å²) >= 11 is 1.71. The van der Waals surface area contributed by atoms with Gasteiger partial charge < -0.3 is 4.57 Å². The lowest BCUT2D eigenvalue weighted by Crippen LogP contribution is -2.21. The van der Waals surface area contributed by atoms with Gasteiger partial charge in [-0.3, -0.25) is 0 Å². The van der Waals surface area contributed by atoms with Gasteiger partial charge in [0.15, 0.2) is 5.82 Å². The van der Waals surface area contributed by atoms with Crippen LogP contribution in [0.1, 0.15) is 26.3 Å². The van der Waals surface area contributed by atoms with Gasteiger partial charge in [0.1, 0.15) is 6.33 Å². The molecular weight excluding hydrogens is 206 g/mol. The van der Waals surface area contributed by atoms with E-state index in [0.717, 1.165) is 5.82 Å². The molecule has 0 atom stereocenters. The Balaban J connectivity index is 2.56. The van der Waals surface area contributed by atoms with E-state index in [9.17, 15) is 0 Å². The molecular formula is C11H15N3S. The lowest BCUT2D eigenvalue weighted by atomic mass is 10.1. The molecule has 2 aromatic rings. The molecule has 0 unspecified atom stereocenters. The Morgan fingerprint density at radius 3 is 2.60 bits per heavy atom. The number of nitrogens with zero attached hydrogens (tertiary/aromatic N) is 3. The molecule has 0 amide bonds. The van der Waals surface area contributed by atoms with E-state index < -0.39 is 0 Å². The minimum atomic E-state index is 0.0231. The van der Waals surface area contributed by atoms with E-state index in [1.165, 1.54) is 10.4 Å². The van der Waals surface area contributed by atoms with Crippen molar-refractivity contribution in [2.24, 2.45) is 0 Å². The van der Waals surface area contributed by atoms with Gasteiger partial charge in [-0.05, 0) is 44.7 Å². The molecule has 0 aliphatic heterocycles. The van der Waals surface area contributed by atoms with Crippen LogP contribution in [0, 0.1) is 6.92 Å². The molecule has 15 heavy (non-hydrogen) atoms. The standard InChI is InChI=1S/C11H15N3S/c1-8-5-6-15-9(8)10-13-12-7-14(10)11(2,3)4/h5-7H,1-4H3. The summed E-state index contributed by atoms with van der Waals surface area (Å²) in [5.41, 5.74) is 1.29. The first-order valence-electron chi connectivity index (χ1n) is 4.95. The van der Waals surface area contributed by atoms with Crippen LogP contribution < -0.4 is 0 Å². The van der Waals surface area contributed by atoms with Crippen molar-refractivity contribution in [2.45, 2.75) is 33.2 Å². The third-order valence-electron chi connectivity index (χ3n) is 2.34. The topological polar surface area (TPSA) is 30.7 Å². The van der Waals surface area contributed by atoms with Gasteiger partial charge in [0.25, 0.3) is 0 Å². The molecule has 0 saturated carbocycles. The molecule has 2 heterocycles. The number of hydrogen-bond donors (Lipinski definition) is 0. The van der Waals surface area contributed by atoms with E-state index in [1.54, 1.807) is 17.7 Å². The van der Waals surface area contributed by atoms with Crippen molar-refractivity contribution in [1.82, 2.24) is 14.8 Å². The molecule has 0 radical (unpaired) electrons. The molecule has 4 heteroatoms. The second kappa shape index (κ2) is 3.45. The van der Waals surface area contributed by atoms with E-state index in [2.05, 4.69) is 53.9 Å². The number of hydrogen-bond acceptors (Lipinski definition) is 3. The van der Waals surface area contributed by atoms with E-state index in [-0.39, 0.29) is 5.54 Å². The highest BCUT2D eigenvalue weighted by molar-refractivity contribution is 7.13. The Morgan fingerprint density at radius 2 is 2.07 bits per heavy atom. The average Bonchev–Trinajstić information content (AvgIpc) is 2.69. The van der Waals surface area contributed by atoms with Crippen molar-refractivity contribution in [3.8, 4) is 10.7 Å². The quantitative estimate of drug-likeness (QED) is 0.741. The molecule has 0 N–H and O–H groups in total. The second-order valence-electron chi connectivity index (χ2n) is 4.63. The fraction of sp³-hybridized carbons (Fsp3) is 0.455. The zero-order chi connectivity index (χ0) is 11.1. The number of aryl methyl sites for hydroxylation is 1. The van der Waals surface area contributed by atoms with Gasteiger partial charge in [-0.15, -0.1) is 21.5 Å². The van der Waals surface area contributed by atoms with Crippen LogP contribution in [0.15, 0.2) is 17.8 Å². The van der Waals surface area contributed by atoms with Gasteiger partial charge in [-0.2, -0.15) is 0 Å². The first kappa shape index (κ1) is 10.4. The van der Waals surface area contributed by atoms with Gasteiger partial charge in [0.05, 0.1) is 4.88 Å². The fourth-order valence-corrected chi connectivity index (χ4v) is 2.39. The van der Waals surface area contributed by atoms with Crippen molar-refractivity contribution in [2.75, 3.05) is 0 Å². The van der Waals surface area contributed by atoms with Crippen molar-refractivity contribution < 1.29 is 0 Å². The van der Waals surface area contributed by atoms with E-state index in [1.807, 2.05) is 0 Å². The van der Waals surface area contributed by atoms with Crippen LogP contribution in [0.2, 0.25) is 0 Å². The van der Waals surface area contributed by atoms with Crippen LogP contribution in [0.4, 0.5) is 0 Å². The largest absolute Gasteiger partial charge is 0.308 e. The van der Waals surface area contributed by atoms with Crippen LogP contribution in [-0.2, 0) is 5.54 Å². The molecule has 0 spiro atoms. The van der Waals surface area contributed by atoms with Gasteiger partial charge in [-0.25, -0.2) is 0 Å². The molecule has 0 aliphatic rings. The maximum Gasteiger partial charge on any atom is 0.174 e. The first-order valence-corrected chi connectivity index (χ1v) is 5.83. The fourth-order valence-electron chi connectivity index (χ4n) is 1.48. The zero-order valence-corrected chi connectivity index (χ0v) is 10.3. The molecule has 0 saturated heterocycles. The lowest BCUT2D eigenvalue weighted by Gasteiger charge is -2.22. The molecule has 2 aromatic heterocycles. The molecule has 0 aromatic carbocycles. The average molecular weight is 221 g/mol. The van der Waals surface area contributed by atoms with Crippen LogP contribution >= 0.6 is 11.3 Å². The Hall–Kier alpha value is -1.16. The van der Waals surface area contributed by atoms with Crippen molar-refractivity contribution in [3.05, 3.63) is 23.3 Å². The van der Waals surface area contributed by atoms with Crippen LogP contribution in [0.5, 0.6) is 0 Å². The van der Waals surface area contributed by atoms with E-state index in [0.29, 0.717) is 0 Å². The van der Waals surface area contributed by atoms with E-state index >= 15 is 0 Å². The maximum atomic E-state index is 4.21. The Kier molecular flexibility index (Phi) is 2.38. The van der Waals surface area contributed by atoms with Crippen LogP contribution in [0.3, 0.4) is 0 Å². The van der Waals surface area contributed by atoms with Gasteiger partial charge >= 0.3 is 0 Å². The predicted molar refractivity (Wildman–Crippen MR) is 63.1 cm³/mol. The monoisotopic (exact) mass is 221 g/mol. The summed E-state index contributed by atoms with van der Waals surface area (Å²) in [6.45, 7) is 8.57. The third kappa shape index (κ3) is 1.81. The number of rotatable bonds is 1. The normalized spacial score (nSPS) is 12.0. The molecule has 0 aliphatic carbocycles. The van der Waals surface area contributed by atoms with E-state index in [4.69, 9.17) is 0 Å². The zero-order valence-electron chi connectivity index (χ0n) is 9.48. The Bertz CT molecular complexity index is 462. The predicted octanol–water partition coefficient (Wildman–Crippen LogP) is 3.07. The van der Waals surface area contributed by atoms with Crippen LogP contribution in [0.25, 0.3) is 10.7 Å². The Labute approximate surface area is 93.8 Å². The SMILES string of the molecule is Cc1ccsc1-c1nncn1C(C)(C)C. The number of aromatic nitrogens is 3. The molecule has 2 rings (SSSR count). The summed E-state index contributed by atoms with van der Waals surface area (Å²) < 4.78 is 2.12. The highest BCUT2D eigenvalue weighted by atomic mass is 32.1. The minimum absolute atomic E-state index is 0.0231. The summed E-state index contributed by atoms with van der Waals surface area (Å²) in [5.74, 6) is 0.968. The second-order valence-corrected chi connectivity index (χ2v) is 5.54. The molecule has 0 fully saturated rings. The smallest absolute Gasteiger partial charge is 0.174 e. The van der Waals surface area contributed by atoms with Gasteiger partial charge in [0.2, 0.25) is 0 Å². The van der Waals surface area contributed by atoms with Gasteiger partial charge in [0, 0.05) is 5.54 Å². The summed E-state index contributed by atoms with van der Waals surface area (Å²) in [6.07, 6.45) is 1.80. The van der Waals surface area contributed by atoms with Crippen molar-refractivity contribution in [3.63, 3.8) is 0 Å².